The molecule has 1 amide bonds. The molecule has 1 unspecified atom stereocenters. The molecule has 0 fully saturated rings. The Morgan fingerprint density at radius 1 is 1.26 bits per heavy atom. The third kappa shape index (κ3) is 4.70. The molecule has 1 heterocycles. The van der Waals surface area contributed by atoms with Gasteiger partial charge >= 0.3 is 0 Å². The van der Waals surface area contributed by atoms with E-state index in [1.54, 1.807) is 34.1 Å². The van der Waals surface area contributed by atoms with Gasteiger partial charge in [-0.3, -0.25) is 4.79 Å². The molecule has 0 saturated carbocycles. The number of hydrogen-bond donors (Lipinski definition) is 1. The number of methoxy groups -OCH3 is 2. The highest BCUT2D eigenvalue weighted by atomic mass is 16.5. The Morgan fingerprint density at radius 3 is 2.43 bits per heavy atom. The Labute approximate surface area is 135 Å². The Morgan fingerprint density at radius 2 is 1.91 bits per heavy atom. The van der Waals surface area contributed by atoms with Crippen LogP contribution < -0.4 is 14.8 Å². The van der Waals surface area contributed by atoms with Crippen molar-refractivity contribution in [2.24, 2.45) is 0 Å². The van der Waals surface area contributed by atoms with E-state index in [1.807, 2.05) is 12.1 Å². The van der Waals surface area contributed by atoms with E-state index in [4.69, 9.17) is 14.0 Å². The average Bonchev–Trinajstić information content (AvgIpc) is 2.99. The van der Waals surface area contributed by atoms with Crippen molar-refractivity contribution in [1.29, 1.82) is 0 Å². The van der Waals surface area contributed by atoms with Gasteiger partial charge in [0.2, 0.25) is 11.8 Å². The molecule has 2 rings (SSSR count). The highest BCUT2D eigenvalue weighted by Gasteiger charge is 2.15. The number of nitrogens with zero attached hydrogens (tertiary/aromatic N) is 2. The molecule has 0 bridgehead atoms. The van der Waals surface area contributed by atoms with Crippen molar-refractivity contribution in [3.8, 4) is 11.5 Å². The average molecular weight is 319 g/mol. The van der Waals surface area contributed by atoms with E-state index in [9.17, 15) is 4.79 Å². The first-order chi connectivity index (χ1) is 11.0. The number of benzene rings is 1. The van der Waals surface area contributed by atoms with Crippen molar-refractivity contribution in [2.75, 3.05) is 14.2 Å². The minimum absolute atomic E-state index is 0.0878. The summed E-state index contributed by atoms with van der Waals surface area (Å²) < 4.78 is 15.5. The van der Waals surface area contributed by atoms with E-state index in [0.29, 0.717) is 36.1 Å². The van der Waals surface area contributed by atoms with Gasteiger partial charge in [-0.25, -0.2) is 0 Å². The standard InChI is InChI=1S/C16H21N3O4/c1-10(16-18-11(2)19-23-16)17-15(20)6-5-12-7-13(21-3)9-14(8-12)22-4/h7-10H,5-6H2,1-4H3,(H,17,20). The van der Waals surface area contributed by atoms with E-state index in [1.165, 1.54) is 0 Å². The molecule has 0 aliphatic heterocycles. The van der Waals surface area contributed by atoms with Crippen molar-refractivity contribution in [3.05, 3.63) is 35.5 Å². The van der Waals surface area contributed by atoms with Crippen molar-refractivity contribution in [2.45, 2.75) is 32.7 Å². The van der Waals surface area contributed by atoms with Crippen LogP contribution in [0.5, 0.6) is 11.5 Å². The van der Waals surface area contributed by atoms with Crippen LogP contribution in [-0.2, 0) is 11.2 Å². The summed E-state index contributed by atoms with van der Waals surface area (Å²) in [6, 6.07) is 5.26. The van der Waals surface area contributed by atoms with Crippen molar-refractivity contribution < 1.29 is 18.8 Å². The van der Waals surface area contributed by atoms with Gasteiger partial charge in [0.1, 0.15) is 17.5 Å². The maximum absolute atomic E-state index is 12.1. The fraction of sp³-hybridized carbons (Fsp3) is 0.438. The normalized spacial score (nSPS) is 11.8. The molecule has 0 radical (unpaired) electrons. The smallest absolute Gasteiger partial charge is 0.248 e. The van der Waals surface area contributed by atoms with Crippen LogP contribution >= 0.6 is 0 Å². The zero-order valence-corrected chi connectivity index (χ0v) is 13.8. The molecule has 1 N–H and O–H groups in total. The van der Waals surface area contributed by atoms with Gasteiger partial charge in [0, 0.05) is 12.5 Å². The Kier molecular flexibility index (Phi) is 5.56. The summed E-state index contributed by atoms with van der Waals surface area (Å²) in [4.78, 5) is 16.2. The van der Waals surface area contributed by atoms with Crippen LogP contribution in [0.25, 0.3) is 0 Å². The van der Waals surface area contributed by atoms with Crippen LogP contribution in [0.15, 0.2) is 22.7 Å². The molecule has 1 atom stereocenters. The van der Waals surface area contributed by atoms with E-state index < -0.39 is 0 Å². The SMILES string of the molecule is COc1cc(CCC(=O)NC(C)c2nc(C)no2)cc(OC)c1. The number of aromatic nitrogens is 2. The molecule has 0 spiro atoms. The third-order valence-corrected chi connectivity index (χ3v) is 3.34. The summed E-state index contributed by atoms with van der Waals surface area (Å²) in [7, 11) is 3.19. The number of ether oxygens (including phenoxy) is 2. The summed E-state index contributed by atoms with van der Waals surface area (Å²) in [6.07, 6.45) is 0.919. The van der Waals surface area contributed by atoms with Gasteiger partial charge < -0.3 is 19.3 Å². The van der Waals surface area contributed by atoms with Crippen LogP contribution in [0.2, 0.25) is 0 Å². The predicted molar refractivity (Wildman–Crippen MR) is 83.5 cm³/mol. The van der Waals surface area contributed by atoms with Crippen LogP contribution in [0.3, 0.4) is 0 Å². The highest BCUT2D eigenvalue weighted by molar-refractivity contribution is 5.76. The maximum atomic E-state index is 12.1. The minimum atomic E-state index is -0.316. The zero-order valence-electron chi connectivity index (χ0n) is 13.8. The number of carbonyl (C=O) groups is 1. The molecule has 2 aromatic rings. The van der Waals surface area contributed by atoms with Gasteiger partial charge in [-0.05, 0) is 38.0 Å². The topological polar surface area (TPSA) is 86.5 Å². The number of nitrogens with one attached hydrogen (secondary N) is 1. The molecule has 124 valence electrons. The molecule has 0 aliphatic carbocycles. The summed E-state index contributed by atoms with van der Waals surface area (Å²) >= 11 is 0. The number of rotatable bonds is 7. The number of hydrogen-bond acceptors (Lipinski definition) is 6. The third-order valence-electron chi connectivity index (χ3n) is 3.34. The second-order valence-electron chi connectivity index (χ2n) is 5.19. The van der Waals surface area contributed by atoms with E-state index in [-0.39, 0.29) is 11.9 Å². The molecule has 1 aromatic heterocycles. The fourth-order valence-corrected chi connectivity index (χ4v) is 2.13. The van der Waals surface area contributed by atoms with Crippen LogP contribution in [0.1, 0.15) is 36.7 Å². The molecule has 23 heavy (non-hydrogen) atoms. The number of aryl methyl sites for hydroxylation is 2. The second kappa shape index (κ2) is 7.62. The molecular weight excluding hydrogens is 298 g/mol. The molecule has 0 aliphatic rings. The lowest BCUT2D eigenvalue weighted by Crippen LogP contribution is -2.27. The lowest BCUT2D eigenvalue weighted by atomic mass is 10.1. The maximum Gasteiger partial charge on any atom is 0.248 e. The first-order valence-corrected chi connectivity index (χ1v) is 7.33. The summed E-state index contributed by atoms with van der Waals surface area (Å²) in [6.45, 7) is 3.54. The Balaban J connectivity index is 1.91. The predicted octanol–water partition coefficient (Wildman–Crippen LogP) is 2.21. The lowest BCUT2D eigenvalue weighted by molar-refractivity contribution is -0.121. The van der Waals surface area contributed by atoms with E-state index in [0.717, 1.165) is 5.56 Å². The zero-order chi connectivity index (χ0) is 16.8. The number of amides is 1. The highest BCUT2D eigenvalue weighted by Crippen LogP contribution is 2.23. The van der Waals surface area contributed by atoms with Crippen LogP contribution in [-0.4, -0.2) is 30.3 Å². The van der Waals surface area contributed by atoms with Gasteiger partial charge in [-0.15, -0.1) is 0 Å². The molecule has 1 aromatic carbocycles. The van der Waals surface area contributed by atoms with Crippen molar-refractivity contribution in [3.63, 3.8) is 0 Å². The summed E-state index contributed by atoms with van der Waals surface area (Å²) in [5.41, 5.74) is 0.970. The number of carbonyl (C=O) groups excluding carboxylic acids is 1. The van der Waals surface area contributed by atoms with Crippen LogP contribution in [0, 0.1) is 6.92 Å². The second-order valence-corrected chi connectivity index (χ2v) is 5.19. The summed E-state index contributed by atoms with van der Waals surface area (Å²) in [5.74, 6) is 2.27. The lowest BCUT2D eigenvalue weighted by Gasteiger charge is -2.11. The van der Waals surface area contributed by atoms with Gasteiger partial charge in [-0.1, -0.05) is 5.16 Å². The van der Waals surface area contributed by atoms with Gasteiger partial charge in [0.05, 0.1) is 14.2 Å². The van der Waals surface area contributed by atoms with Crippen LogP contribution in [0.4, 0.5) is 0 Å². The molecule has 7 heteroatoms. The quantitative estimate of drug-likeness (QED) is 0.842. The van der Waals surface area contributed by atoms with Gasteiger partial charge in [-0.2, -0.15) is 4.98 Å². The summed E-state index contributed by atoms with van der Waals surface area (Å²) in [5, 5.41) is 6.55. The molecule has 7 nitrogen and oxygen atoms in total. The Bertz CT molecular complexity index is 647. The van der Waals surface area contributed by atoms with Crippen molar-refractivity contribution >= 4 is 5.91 Å². The minimum Gasteiger partial charge on any atom is -0.497 e. The van der Waals surface area contributed by atoms with E-state index >= 15 is 0 Å². The Hall–Kier alpha value is -2.57. The monoisotopic (exact) mass is 319 g/mol. The molecular formula is C16H21N3O4. The first kappa shape index (κ1) is 16.8. The first-order valence-electron chi connectivity index (χ1n) is 7.33. The van der Waals surface area contributed by atoms with E-state index in [2.05, 4.69) is 15.5 Å². The fourth-order valence-electron chi connectivity index (χ4n) is 2.13. The molecule has 0 saturated heterocycles. The van der Waals surface area contributed by atoms with Gasteiger partial charge in [0.25, 0.3) is 0 Å². The van der Waals surface area contributed by atoms with Crippen molar-refractivity contribution in [1.82, 2.24) is 15.5 Å². The van der Waals surface area contributed by atoms with Gasteiger partial charge in [0.15, 0.2) is 5.82 Å². The largest absolute Gasteiger partial charge is 0.497 e.